The Kier molecular flexibility index (Phi) is 6.77. The van der Waals surface area contributed by atoms with Crippen LogP contribution in [0.15, 0.2) is 18.2 Å². The van der Waals surface area contributed by atoms with Crippen LogP contribution in [-0.2, 0) is 16.1 Å². The lowest BCUT2D eigenvalue weighted by Crippen LogP contribution is -2.08. The zero-order chi connectivity index (χ0) is 14.3. The van der Waals surface area contributed by atoms with Crippen molar-refractivity contribution in [3.63, 3.8) is 0 Å². The number of benzene rings is 1. The summed E-state index contributed by atoms with van der Waals surface area (Å²) in [6, 6.07) is 4.31. The third-order valence-corrected chi connectivity index (χ3v) is 2.69. The maximum Gasteiger partial charge on any atom is 0.269 e. The number of hydrogen-bond donors (Lipinski definition) is 0. The average Bonchev–Trinajstić information content (AvgIpc) is 2.34. The molecule has 0 amide bonds. The van der Waals surface area contributed by atoms with Crippen molar-refractivity contribution in [3.05, 3.63) is 38.9 Å². The number of halogens is 1. The molecule has 0 atom stereocenters. The van der Waals surface area contributed by atoms with E-state index in [1.54, 1.807) is 0 Å². The van der Waals surface area contributed by atoms with Gasteiger partial charge in [-0.15, -0.1) is 0 Å². The summed E-state index contributed by atoms with van der Waals surface area (Å²) in [5, 5.41) is 11.1. The molecule has 19 heavy (non-hydrogen) atoms. The Hall–Kier alpha value is -1.17. The first-order valence-corrected chi connectivity index (χ1v) is 6.46. The molecule has 0 fully saturated rings. The number of hydrogen-bond acceptors (Lipinski definition) is 4. The fraction of sp³-hybridized carbons (Fsp3) is 0.538. The quantitative estimate of drug-likeness (QED) is 0.417. The summed E-state index contributed by atoms with van der Waals surface area (Å²) in [5.41, 5.74) is 0.624. The highest BCUT2D eigenvalue weighted by Crippen LogP contribution is 2.22. The van der Waals surface area contributed by atoms with E-state index in [1.165, 1.54) is 18.2 Å². The third kappa shape index (κ3) is 6.00. The Labute approximate surface area is 117 Å². The van der Waals surface area contributed by atoms with Gasteiger partial charge >= 0.3 is 0 Å². The molecule has 0 unspecified atom stereocenters. The van der Waals surface area contributed by atoms with Gasteiger partial charge in [-0.1, -0.05) is 25.4 Å². The molecule has 0 heterocycles. The molecule has 0 aliphatic heterocycles. The molecule has 0 N–H and O–H groups in total. The second-order valence-corrected chi connectivity index (χ2v) is 4.96. The number of rotatable bonds is 8. The first kappa shape index (κ1) is 15.9. The highest BCUT2D eigenvalue weighted by molar-refractivity contribution is 6.31. The number of nitro groups is 1. The first-order valence-electron chi connectivity index (χ1n) is 6.09. The van der Waals surface area contributed by atoms with Crippen molar-refractivity contribution in [1.29, 1.82) is 0 Å². The van der Waals surface area contributed by atoms with Crippen LogP contribution in [0.25, 0.3) is 0 Å². The molecule has 0 bridgehead atoms. The Balaban J connectivity index is 2.36. The number of nitro benzene ring substituents is 1. The fourth-order valence-electron chi connectivity index (χ4n) is 1.40. The van der Waals surface area contributed by atoms with E-state index < -0.39 is 4.92 Å². The lowest BCUT2D eigenvalue weighted by Gasteiger charge is -2.08. The zero-order valence-electron chi connectivity index (χ0n) is 11.1. The smallest absolute Gasteiger partial charge is 0.269 e. The summed E-state index contributed by atoms with van der Waals surface area (Å²) >= 11 is 5.95. The zero-order valence-corrected chi connectivity index (χ0v) is 11.9. The standard InChI is InChI=1S/C13H18ClNO4/c1-10(2)8-18-5-6-19-9-11-7-12(15(16)17)3-4-13(11)14/h3-4,7,10H,5-6,8-9H2,1-2H3. The maximum absolute atomic E-state index is 10.6. The molecule has 1 rings (SSSR count). The van der Waals surface area contributed by atoms with E-state index in [4.69, 9.17) is 21.1 Å². The van der Waals surface area contributed by atoms with Crippen molar-refractivity contribution in [2.24, 2.45) is 5.92 Å². The summed E-state index contributed by atoms with van der Waals surface area (Å²) < 4.78 is 10.7. The van der Waals surface area contributed by atoms with Crippen LogP contribution in [0.5, 0.6) is 0 Å². The van der Waals surface area contributed by atoms with Crippen LogP contribution in [0, 0.1) is 16.0 Å². The van der Waals surface area contributed by atoms with Gasteiger partial charge in [0.2, 0.25) is 0 Å². The second-order valence-electron chi connectivity index (χ2n) is 4.55. The van der Waals surface area contributed by atoms with Gasteiger partial charge in [0.25, 0.3) is 5.69 Å². The van der Waals surface area contributed by atoms with Crippen molar-refractivity contribution < 1.29 is 14.4 Å². The van der Waals surface area contributed by atoms with Crippen molar-refractivity contribution >= 4 is 17.3 Å². The first-order chi connectivity index (χ1) is 9.00. The summed E-state index contributed by atoms with van der Waals surface area (Å²) in [4.78, 5) is 10.2. The lowest BCUT2D eigenvalue weighted by molar-refractivity contribution is -0.384. The highest BCUT2D eigenvalue weighted by Gasteiger charge is 2.09. The number of non-ortho nitro benzene ring substituents is 1. The van der Waals surface area contributed by atoms with Gasteiger partial charge in [0, 0.05) is 29.3 Å². The van der Waals surface area contributed by atoms with Crippen molar-refractivity contribution in [1.82, 2.24) is 0 Å². The molecule has 0 spiro atoms. The van der Waals surface area contributed by atoms with Crippen LogP contribution in [0.1, 0.15) is 19.4 Å². The summed E-state index contributed by atoms with van der Waals surface area (Å²) in [6.07, 6.45) is 0. The summed E-state index contributed by atoms with van der Waals surface area (Å²) in [7, 11) is 0. The van der Waals surface area contributed by atoms with Gasteiger partial charge < -0.3 is 9.47 Å². The molecule has 1 aromatic carbocycles. The van der Waals surface area contributed by atoms with E-state index in [9.17, 15) is 10.1 Å². The minimum Gasteiger partial charge on any atom is -0.379 e. The summed E-state index contributed by atoms with van der Waals surface area (Å²) in [5.74, 6) is 0.492. The Morgan fingerprint density at radius 1 is 1.32 bits per heavy atom. The topological polar surface area (TPSA) is 61.6 Å². The second kappa shape index (κ2) is 8.09. The van der Waals surface area contributed by atoms with Crippen molar-refractivity contribution in [2.45, 2.75) is 20.5 Å². The van der Waals surface area contributed by atoms with E-state index in [0.717, 1.165) is 0 Å². The SMILES string of the molecule is CC(C)COCCOCc1cc([N+](=O)[O-])ccc1Cl. The van der Waals surface area contributed by atoms with E-state index in [0.29, 0.717) is 36.3 Å². The molecular weight excluding hydrogens is 270 g/mol. The molecule has 6 heteroatoms. The van der Waals surface area contributed by atoms with Gasteiger partial charge in [-0.05, 0) is 12.0 Å². The van der Waals surface area contributed by atoms with Crippen molar-refractivity contribution in [2.75, 3.05) is 19.8 Å². The highest BCUT2D eigenvalue weighted by atomic mass is 35.5. The van der Waals surface area contributed by atoms with Gasteiger partial charge in [-0.2, -0.15) is 0 Å². The minimum atomic E-state index is -0.453. The van der Waals surface area contributed by atoms with Crippen LogP contribution in [-0.4, -0.2) is 24.7 Å². The Bertz CT molecular complexity index is 423. The van der Waals surface area contributed by atoms with E-state index in [-0.39, 0.29) is 12.3 Å². The molecule has 5 nitrogen and oxygen atoms in total. The summed E-state index contributed by atoms with van der Waals surface area (Å²) in [6.45, 7) is 6.02. The van der Waals surface area contributed by atoms with Crippen molar-refractivity contribution in [3.8, 4) is 0 Å². The molecule has 0 saturated carbocycles. The van der Waals surface area contributed by atoms with Gasteiger partial charge in [-0.3, -0.25) is 10.1 Å². The molecule has 0 aliphatic carbocycles. The van der Waals surface area contributed by atoms with E-state index in [2.05, 4.69) is 13.8 Å². The number of nitrogens with zero attached hydrogens (tertiary/aromatic N) is 1. The van der Waals surface area contributed by atoms with Crippen LogP contribution >= 0.6 is 11.6 Å². The minimum absolute atomic E-state index is 0.0130. The van der Waals surface area contributed by atoms with E-state index >= 15 is 0 Å². The Morgan fingerprint density at radius 2 is 2.00 bits per heavy atom. The molecule has 1 aromatic rings. The maximum atomic E-state index is 10.6. The molecule has 0 aliphatic rings. The van der Waals surface area contributed by atoms with Crippen LogP contribution in [0.2, 0.25) is 5.02 Å². The third-order valence-electron chi connectivity index (χ3n) is 2.32. The fourth-order valence-corrected chi connectivity index (χ4v) is 1.58. The molecule has 0 saturated heterocycles. The van der Waals surface area contributed by atoms with Gasteiger partial charge in [0.05, 0.1) is 24.7 Å². The molecule has 0 aromatic heterocycles. The van der Waals surface area contributed by atoms with Crippen LogP contribution in [0.3, 0.4) is 0 Å². The predicted molar refractivity (Wildman–Crippen MR) is 73.4 cm³/mol. The average molecular weight is 288 g/mol. The van der Waals surface area contributed by atoms with Gasteiger partial charge in [0.1, 0.15) is 0 Å². The van der Waals surface area contributed by atoms with Gasteiger partial charge in [0.15, 0.2) is 0 Å². The molecular formula is C13H18ClNO4. The van der Waals surface area contributed by atoms with Crippen LogP contribution < -0.4 is 0 Å². The molecule has 0 radical (unpaired) electrons. The Morgan fingerprint density at radius 3 is 2.63 bits per heavy atom. The molecule has 106 valence electrons. The monoisotopic (exact) mass is 287 g/mol. The largest absolute Gasteiger partial charge is 0.379 e. The lowest BCUT2D eigenvalue weighted by atomic mass is 10.2. The van der Waals surface area contributed by atoms with Gasteiger partial charge in [-0.25, -0.2) is 0 Å². The van der Waals surface area contributed by atoms with Crippen LogP contribution in [0.4, 0.5) is 5.69 Å². The normalized spacial score (nSPS) is 10.9. The predicted octanol–water partition coefficient (Wildman–Crippen LogP) is 3.44. The number of ether oxygens (including phenoxy) is 2. The van der Waals surface area contributed by atoms with E-state index in [1.807, 2.05) is 0 Å².